The van der Waals surface area contributed by atoms with Gasteiger partial charge in [0.1, 0.15) is 0 Å². The van der Waals surface area contributed by atoms with Crippen LogP contribution in [-0.4, -0.2) is 16.3 Å². The normalized spacial score (nSPS) is 12.6. The van der Waals surface area contributed by atoms with Gasteiger partial charge < -0.3 is 5.32 Å². The van der Waals surface area contributed by atoms with Gasteiger partial charge in [-0.15, -0.1) is 0 Å². The summed E-state index contributed by atoms with van der Waals surface area (Å²) in [5.74, 6) is -1.65. The van der Waals surface area contributed by atoms with E-state index in [0.717, 1.165) is 31.6 Å². The van der Waals surface area contributed by atoms with Gasteiger partial charge in [-0.05, 0) is 43.1 Å². The Bertz CT molecular complexity index is 581. The van der Waals surface area contributed by atoms with E-state index in [9.17, 15) is 8.78 Å². The molecule has 0 aliphatic carbocycles. The van der Waals surface area contributed by atoms with Crippen LogP contribution in [0.15, 0.2) is 30.5 Å². The Labute approximate surface area is 124 Å². The van der Waals surface area contributed by atoms with Crippen LogP contribution in [-0.2, 0) is 6.54 Å². The first kappa shape index (κ1) is 15.6. The number of benzene rings is 1. The highest BCUT2D eigenvalue weighted by atomic mass is 19.2. The maximum atomic E-state index is 13.5. The quantitative estimate of drug-likeness (QED) is 0.844. The molecule has 114 valence electrons. The van der Waals surface area contributed by atoms with Crippen LogP contribution in [0.25, 0.3) is 0 Å². The molecule has 1 aromatic carbocycles. The molecule has 0 aliphatic heterocycles. The molecule has 3 nitrogen and oxygen atoms in total. The van der Waals surface area contributed by atoms with Gasteiger partial charge in [-0.3, -0.25) is 4.68 Å². The Hall–Kier alpha value is -1.75. The zero-order valence-electron chi connectivity index (χ0n) is 12.4. The SMILES string of the molecule is CCCNC(c1ccc(F)c(F)c1)c1ccnn1CCC. The summed E-state index contributed by atoms with van der Waals surface area (Å²) in [6.45, 7) is 5.74. The van der Waals surface area contributed by atoms with Crippen molar-refractivity contribution in [3.05, 3.63) is 53.4 Å². The number of hydrogen-bond donors (Lipinski definition) is 1. The van der Waals surface area contributed by atoms with E-state index in [1.807, 2.05) is 10.7 Å². The average Bonchev–Trinajstić information content (AvgIpc) is 2.92. The van der Waals surface area contributed by atoms with Gasteiger partial charge in [0.05, 0.1) is 11.7 Å². The van der Waals surface area contributed by atoms with E-state index in [4.69, 9.17) is 0 Å². The number of nitrogens with zero attached hydrogens (tertiary/aromatic N) is 2. The van der Waals surface area contributed by atoms with E-state index in [1.165, 1.54) is 12.1 Å². The highest BCUT2D eigenvalue weighted by Crippen LogP contribution is 2.23. The van der Waals surface area contributed by atoms with Gasteiger partial charge in [-0.1, -0.05) is 19.9 Å². The summed E-state index contributed by atoms with van der Waals surface area (Å²) in [6.07, 6.45) is 3.67. The van der Waals surface area contributed by atoms with Gasteiger partial charge in [0.25, 0.3) is 0 Å². The van der Waals surface area contributed by atoms with Crippen LogP contribution in [0.2, 0.25) is 0 Å². The molecule has 1 unspecified atom stereocenters. The minimum absolute atomic E-state index is 0.186. The van der Waals surface area contributed by atoms with Crippen LogP contribution in [0.4, 0.5) is 8.78 Å². The molecule has 0 bridgehead atoms. The number of hydrogen-bond acceptors (Lipinski definition) is 2. The third-order valence-electron chi connectivity index (χ3n) is 3.36. The second-order valence-corrected chi connectivity index (χ2v) is 5.04. The Morgan fingerprint density at radius 2 is 1.95 bits per heavy atom. The fourth-order valence-electron chi connectivity index (χ4n) is 2.36. The lowest BCUT2D eigenvalue weighted by atomic mass is 10.0. The molecular weight excluding hydrogens is 272 g/mol. The number of aryl methyl sites for hydroxylation is 1. The molecule has 2 aromatic rings. The standard InChI is InChI=1S/C16H21F2N3/c1-3-8-19-16(12-5-6-13(17)14(18)11-12)15-7-9-20-21(15)10-4-2/h5-7,9,11,16,19H,3-4,8,10H2,1-2H3. The molecule has 21 heavy (non-hydrogen) atoms. The first-order valence-corrected chi connectivity index (χ1v) is 7.37. The van der Waals surface area contributed by atoms with E-state index in [2.05, 4.69) is 24.3 Å². The lowest BCUT2D eigenvalue weighted by Gasteiger charge is -2.20. The van der Waals surface area contributed by atoms with Crippen molar-refractivity contribution < 1.29 is 8.78 Å². The maximum absolute atomic E-state index is 13.5. The largest absolute Gasteiger partial charge is 0.305 e. The summed E-state index contributed by atoms with van der Waals surface area (Å²) < 4.78 is 28.6. The predicted octanol–water partition coefficient (Wildman–Crippen LogP) is 3.66. The third-order valence-corrected chi connectivity index (χ3v) is 3.36. The molecule has 0 saturated heterocycles. The van der Waals surface area contributed by atoms with Gasteiger partial charge >= 0.3 is 0 Å². The van der Waals surface area contributed by atoms with E-state index in [-0.39, 0.29) is 6.04 Å². The van der Waals surface area contributed by atoms with Crippen molar-refractivity contribution >= 4 is 0 Å². The number of aromatic nitrogens is 2. The third kappa shape index (κ3) is 3.67. The zero-order valence-corrected chi connectivity index (χ0v) is 12.4. The molecule has 2 rings (SSSR count). The summed E-state index contributed by atoms with van der Waals surface area (Å²) in [5.41, 5.74) is 1.68. The van der Waals surface area contributed by atoms with Crippen LogP contribution in [0.5, 0.6) is 0 Å². The van der Waals surface area contributed by atoms with Gasteiger partial charge in [0.2, 0.25) is 0 Å². The highest BCUT2D eigenvalue weighted by Gasteiger charge is 2.19. The Kier molecular flexibility index (Phi) is 5.44. The molecule has 0 spiro atoms. The molecule has 1 N–H and O–H groups in total. The van der Waals surface area contributed by atoms with Crippen molar-refractivity contribution in [1.29, 1.82) is 0 Å². The smallest absolute Gasteiger partial charge is 0.159 e. The summed E-state index contributed by atoms with van der Waals surface area (Å²) in [4.78, 5) is 0. The van der Waals surface area contributed by atoms with Crippen molar-refractivity contribution in [3.63, 3.8) is 0 Å². The molecule has 0 amide bonds. The fraction of sp³-hybridized carbons (Fsp3) is 0.438. The molecule has 1 aromatic heterocycles. The molecule has 1 atom stereocenters. The van der Waals surface area contributed by atoms with Gasteiger partial charge in [0.15, 0.2) is 11.6 Å². The van der Waals surface area contributed by atoms with E-state index < -0.39 is 11.6 Å². The lowest BCUT2D eigenvalue weighted by molar-refractivity contribution is 0.492. The lowest BCUT2D eigenvalue weighted by Crippen LogP contribution is -2.26. The van der Waals surface area contributed by atoms with Crippen LogP contribution in [0.3, 0.4) is 0 Å². The summed E-state index contributed by atoms with van der Waals surface area (Å²) in [6, 6.07) is 5.78. The average molecular weight is 293 g/mol. The zero-order chi connectivity index (χ0) is 15.2. The fourth-order valence-corrected chi connectivity index (χ4v) is 2.36. The number of rotatable bonds is 7. The Morgan fingerprint density at radius 1 is 1.14 bits per heavy atom. The van der Waals surface area contributed by atoms with Crippen molar-refractivity contribution in [1.82, 2.24) is 15.1 Å². The summed E-state index contributed by atoms with van der Waals surface area (Å²) >= 11 is 0. The van der Waals surface area contributed by atoms with Gasteiger partial charge in [-0.25, -0.2) is 8.78 Å². The second-order valence-electron chi connectivity index (χ2n) is 5.04. The first-order chi connectivity index (χ1) is 10.2. The first-order valence-electron chi connectivity index (χ1n) is 7.37. The van der Waals surface area contributed by atoms with E-state index in [1.54, 1.807) is 12.3 Å². The molecule has 0 radical (unpaired) electrons. The number of halogens is 2. The molecule has 1 heterocycles. The molecule has 0 saturated carbocycles. The van der Waals surface area contributed by atoms with Gasteiger partial charge in [-0.2, -0.15) is 5.10 Å². The van der Waals surface area contributed by atoms with Crippen molar-refractivity contribution in [2.75, 3.05) is 6.54 Å². The number of nitrogens with one attached hydrogen (secondary N) is 1. The van der Waals surface area contributed by atoms with Gasteiger partial charge in [0, 0.05) is 12.7 Å². The monoisotopic (exact) mass is 293 g/mol. The van der Waals surface area contributed by atoms with E-state index >= 15 is 0 Å². The van der Waals surface area contributed by atoms with Crippen molar-refractivity contribution in [3.8, 4) is 0 Å². The van der Waals surface area contributed by atoms with Crippen LogP contribution in [0, 0.1) is 11.6 Å². The molecule has 0 aliphatic rings. The molecular formula is C16H21F2N3. The highest BCUT2D eigenvalue weighted by molar-refractivity contribution is 5.28. The summed E-state index contributed by atoms with van der Waals surface area (Å²) in [5, 5.41) is 7.69. The minimum atomic E-state index is -0.824. The Balaban J connectivity index is 2.37. The summed E-state index contributed by atoms with van der Waals surface area (Å²) in [7, 11) is 0. The Morgan fingerprint density at radius 3 is 2.62 bits per heavy atom. The van der Waals surface area contributed by atoms with Crippen LogP contribution >= 0.6 is 0 Å². The molecule has 0 fully saturated rings. The second kappa shape index (κ2) is 7.31. The molecule has 5 heteroatoms. The van der Waals surface area contributed by atoms with Crippen LogP contribution in [0.1, 0.15) is 44.0 Å². The maximum Gasteiger partial charge on any atom is 0.159 e. The van der Waals surface area contributed by atoms with E-state index in [0.29, 0.717) is 5.56 Å². The van der Waals surface area contributed by atoms with Crippen molar-refractivity contribution in [2.45, 2.75) is 39.3 Å². The van der Waals surface area contributed by atoms with Crippen molar-refractivity contribution in [2.24, 2.45) is 0 Å². The topological polar surface area (TPSA) is 29.9 Å². The minimum Gasteiger partial charge on any atom is -0.305 e. The van der Waals surface area contributed by atoms with Crippen LogP contribution < -0.4 is 5.32 Å². The predicted molar refractivity (Wildman–Crippen MR) is 79.0 cm³/mol.